The fraction of sp³-hybridized carbons (Fsp3) is 0.222. The molecule has 0 heterocycles. The van der Waals surface area contributed by atoms with Gasteiger partial charge in [0.25, 0.3) is 0 Å². The highest BCUT2D eigenvalue weighted by atomic mass is 79.9. The van der Waals surface area contributed by atoms with Crippen LogP contribution in [0.1, 0.15) is 5.56 Å². The van der Waals surface area contributed by atoms with Gasteiger partial charge in [-0.25, -0.2) is 9.18 Å². The number of benzene rings is 1. The van der Waals surface area contributed by atoms with E-state index in [1.165, 1.54) is 13.1 Å². The molecule has 0 atom stereocenters. The predicted molar refractivity (Wildman–Crippen MR) is 53.6 cm³/mol. The minimum atomic E-state index is -1.08. The van der Waals surface area contributed by atoms with Gasteiger partial charge in [-0.15, -0.1) is 0 Å². The lowest BCUT2D eigenvalue weighted by atomic mass is 10.2. The summed E-state index contributed by atoms with van der Waals surface area (Å²) in [6, 6.07) is 4.54. The molecule has 76 valence electrons. The van der Waals surface area contributed by atoms with Crippen molar-refractivity contribution in [1.82, 2.24) is 4.90 Å². The largest absolute Gasteiger partial charge is 0.465 e. The first-order chi connectivity index (χ1) is 6.50. The molecular formula is C9H9BrFNO2. The molecule has 1 amide bonds. The van der Waals surface area contributed by atoms with Crippen LogP contribution in [0.15, 0.2) is 22.7 Å². The first-order valence-corrected chi connectivity index (χ1v) is 4.68. The van der Waals surface area contributed by atoms with E-state index in [0.29, 0.717) is 10.0 Å². The molecule has 1 aromatic carbocycles. The van der Waals surface area contributed by atoms with E-state index in [4.69, 9.17) is 5.11 Å². The van der Waals surface area contributed by atoms with Gasteiger partial charge in [0.05, 0.1) is 6.54 Å². The maximum Gasteiger partial charge on any atom is 0.407 e. The Balaban J connectivity index is 2.82. The second-order valence-electron chi connectivity index (χ2n) is 2.87. The molecule has 0 bridgehead atoms. The highest BCUT2D eigenvalue weighted by molar-refractivity contribution is 9.10. The number of carboxylic acid groups (broad SMARTS) is 1. The van der Waals surface area contributed by atoms with E-state index in [-0.39, 0.29) is 6.54 Å². The van der Waals surface area contributed by atoms with Gasteiger partial charge in [-0.1, -0.05) is 22.0 Å². The zero-order chi connectivity index (χ0) is 10.7. The second kappa shape index (κ2) is 4.41. The molecule has 0 spiro atoms. The van der Waals surface area contributed by atoms with E-state index < -0.39 is 11.9 Å². The minimum absolute atomic E-state index is 0.0500. The van der Waals surface area contributed by atoms with Gasteiger partial charge >= 0.3 is 6.09 Å². The Hall–Kier alpha value is -1.10. The average molecular weight is 262 g/mol. The number of rotatable bonds is 2. The summed E-state index contributed by atoms with van der Waals surface area (Å²) in [5.41, 5.74) is 0.359. The van der Waals surface area contributed by atoms with Gasteiger partial charge in [0.15, 0.2) is 0 Å². The Labute approximate surface area is 89.3 Å². The number of nitrogens with zero attached hydrogens (tertiary/aromatic N) is 1. The summed E-state index contributed by atoms with van der Waals surface area (Å²) in [6.45, 7) is 0.0500. The lowest BCUT2D eigenvalue weighted by Gasteiger charge is -2.13. The quantitative estimate of drug-likeness (QED) is 0.890. The van der Waals surface area contributed by atoms with Crippen LogP contribution in [0, 0.1) is 5.82 Å². The van der Waals surface area contributed by atoms with Gasteiger partial charge in [-0.05, 0) is 12.1 Å². The third-order valence-corrected chi connectivity index (χ3v) is 2.24. The standard InChI is InChI=1S/C9H9BrFNO2/c1-12(9(13)14)5-6-2-3-7(10)4-8(6)11/h2-4H,5H2,1H3,(H,13,14). The maximum atomic E-state index is 13.2. The van der Waals surface area contributed by atoms with Crippen LogP contribution in [0.25, 0.3) is 0 Å². The van der Waals surface area contributed by atoms with Crippen LogP contribution in [0.3, 0.4) is 0 Å². The molecule has 0 unspecified atom stereocenters. The van der Waals surface area contributed by atoms with Crippen molar-refractivity contribution in [3.8, 4) is 0 Å². The van der Waals surface area contributed by atoms with Gasteiger partial charge < -0.3 is 10.0 Å². The van der Waals surface area contributed by atoms with Crippen molar-refractivity contribution < 1.29 is 14.3 Å². The van der Waals surface area contributed by atoms with Crippen LogP contribution >= 0.6 is 15.9 Å². The Morgan fingerprint density at radius 2 is 2.29 bits per heavy atom. The minimum Gasteiger partial charge on any atom is -0.465 e. The number of hydrogen-bond donors (Lipinski definition) is 1. The predicted octanol–water partition coefficient (Wildman–Crippen LogP) is 2.70. The number of amides is 1. The maximum absolute atomic E-state index is 13.2. The SMILES string of the molecule is CN(Cc1ccc(Br)cc1F)C(=O)O. The highest BCUT2D eigenvalue weighted by Gasteiger charge is 2.09. The van der Waals surface area contributed by atoms with Gasteiger partial charge in [0.1, 0.15) is 5.82 Å². The molecule has 1 aromatic rings. The number of hydrogen-bond acceptors (Lipinski definition) is 1. The first kappa shape index (κ1) is 11.0. The van der Waals surface area contributed by atoms with E-state index in [0.717, 1.165) is 4.90 Å². The van der Waals surface area contributed by atoms with Crippen LogP contribution in [0.4, 0.5) is 9.18 Å². The first-order valence-electron chi connectivity index (χ1n) is 3.88. The van der Waals surface area contributed by atoms with E-state index in [1.807, 2.05) is 0 Å². The molecule has 0 saturated heterocycles. The van der Waals surface area contributed by atoms with Crippen molar-refractivity contribution in [1.29, 1.82) is 0 Å². The third kappa shape index (κ3) is 2.70. The normalized spacial score (nSPS) is 9.93. The number of halogens is 2. The van der Waals surface area contributed by atoms with E-state index in [2.05, 4.69) is 15.9 Å². The van der Waals surface area contributed by atoms with Gasteiger partial charge in [0.2, 0.25) is 0 Å². The molecule has 1 rings (SSSR count). The van der Waals surface area contributed by atoms with E-state index in [1.54, 1.807) is 12.1 Å². The third-order valence-electron chi connectivity index (χ3n) is 1.75. The molecule has 0 radical (unpaired) electrons. The van der Waals surface area contributed by atoms with Crippen molar-refractivity contribution in [2.24, 2.45) is 0 Å². The summed E-state index contributed by atoms with van der Waals surface area (Å²) < 4.78 is 13.9. The van der Waals surface area contributed by atoms with Crippen molar-refractivity contribution in [3.05, 3.63) is 34.1 Å². The summed E-state index contributed by atoms with van der Waals surface area (Å²) >= 11 is 3.12. The number of carbonyl (C=O) groups is 1. The Bertz CT molecular complexity index is 357. The van der Waals surface area contributed by atoms with E-state index >= 15 is 0 Å². The van der Waals surface area contributed by atoms with Gasteiger partial charge in [0, 0.05) is 17.1 Å². The molecule has 14 heavy (non-hydrogen) atoms. The molecule has 0 aliphatic carbocycles. The van der Waals surface area contributed by atoms with Gasteiger partial charge in [-0.2, -0.15) is 0 Å². The Morgan fingerprint density at radius 1 is 1.64 bits per heavy atom. The lowest BCUT2D eigenvalue weighted by molar-refractivity contribution is 0.153. The average Bonchev–Trinajstić information content (AvgIpc) is 2.09. The summed E-state index contributed by atoms with van der Waals surface area (Å²) in [4.78, 5) is 11.5. The molecule has 0 aliphatic heterocycles. The molecule has 0 aliphatic rings. The van der Waals surface area contributed by atoms with Crippen molar-refractivity contribution >= 4 is 22.0 Å². The smallest absolute Gasteiger partial charge is 0.407 e. The fourth-order valence-corrected chi connectivity index (χ4v) is 1.31. The molecular weight excluding hydrogens is 253 g/mol. The zero-order valence-electron chi connectivity index (χ0n) is 7.50. The zero-order valence-corrected chi connectivity index (χ0v) is 9.08. The summed E-state index contributed by atoms with van der Waals surface area (Å²) in [5, 5.41) is 8.58. The monoisotopic (exact) mass is 261 g/mol. The van der Waals surface area contributed by atoms with Crippen LogP contribution in [0.2, 0.25) is 0 Å². The lowest BCUT2D eigenvalue weighted by Crippen LogP contribution is -2.24. The fourth-order valence-electron chi connectivity index (χ4n) is 0.973. The molecule has 3 nitrogen and oxygen atoms in total. The summed E-state index contributed by atoms with van der Waals surface area (Å²) in [6.07, 6.45) is -1.08. The highest BCUT2D eigenvalue weighted by Crippen LogP contribution is 2.16. The second-order valence-corrected chi connectivity index (χ2v) is 3.79. The van der Waals surface area contributed by atoms with Crippen molar-refractivity contribution in [2.45, 2.75) is 6.54 Å². The van der Waals surface area contributed by atoms with Crippen molar-refractivity contribution in [3.63, 3.8) is 0 Å². The Morgan fingerprint density at radius 3 is 2.79 bits per heavy atom. The van der Waals surface area contributed by atoms with Crippen LogP contribution < -0.4 is 0 Å². The molecule has 0 saturated carbocycles. The topological polar surface area (TPSA) is 40.5 Å². The summed E-state index contributed by atoms with van der Waals surface area (Å²) in [5.74, 6) is -0.410. The van der Waals surface area contributed by atoms with Gasteiger partial charge in [-0.3, -0.25) is 0 Å². The molecule has 0 aromatic heterocycles. The van der Waals surface area contributed by atoms with Crippen LogP contribution in [0.5, 0.6) is 0 Å². The summed E-state index contributed by atoms with van der Waals surface area (Å²) in [7, 11) is 1.39. The molecule has 5 heteroatoms. The van der Waals surface area contributed by atoms with Crippen molar-refractivity contribution in [2.75, 3.05) is 7.05 Å². The molecule has 0 fully saturated rings. The van der Waals surface area contributed by atoms with Crippen LogP contribution in [-0.4, -0.2) is 23.1 Å². The van der Waals surface area contributed by atoms with E-state index in [9.17, 15) is 9.18 Å². The Kier molecular flexibility index (Phi) is 3.46. The van der Waals surface area contributed by atoms with Crippen LogP contribution in [-0.2, 0) is 6.54 Å². The molecule has 1 N–H and O–H groups in total.